The molecule has 2 rings (SSSR count). The Balaban J connectivity index is 2.32. The molecule has 1 aliphatic rings. The third-order valence-corrected chi connectivity index (χ3v) is 3.91. The highest BCUT2D eigenvalue weighted by Gasteiger charge is 2.35. The van der Waals surface area contributed by atoms with Crippen molar-refractivity contribution in [2.45, 2.75) is 39.0 Å². The summed E-state index contributed by atoms with van der Waals surface area (Å²) < 4.78 is 0. The molecule has 1 aromatic heterocycles. The minimum atomic E-state index is -0.662. The highest BCUT2D eigenvalue weighted by Crippen LogP contribution is 2.41. The molecule has 0 saturated heterocycles. The van der Waals surface area contributed by atoms with Gasteiger partial charge in [-0.25, -0.2) is 0 Å². The standard InChI is InChI=1S/C14H19NO2/c1-9-3-4-11(14(16)17)12(7-9)13-8-15-6-5-10(13)2/h5-6,8-9,11-12H,3-4,7H2,1-2H3,(H,16,17). The largest absolute Gasteiger partial charge is 0.481 e. The topological polar surface area (TPSA) is 50.2 Å². The van der Waals surface area contributed by atoms with Crippen molar-refractivity contribution in [1.82, 2.24) is 4.98 Å². The molecule has 3 atom stereocenters. The molecule has 1 aliphatic carbocycles. The van der Waals surface area contributed by atoms with Gasteiger partial charge in [0.1, 0.15) is 0 Å². The molecule has 3 unspecified atom stereocenters. The van der Waals surface area contributed by atoms with Gasteiger partial charge in [-0.2, -0.15) is 0 Å². The quantitative estimate of drug-likeness (QED) is 0.854. The number of carboxylic acid groups (broad SMARTS) is 1. The van der Waals surface area contributed by atoms with Crippen molar-refractivity contribution in [2.75, 3.05) is 0 Å². The Bertz CT molecular complexity index is 416. The number of aryl methyl sites for hydroxylation is 1. The Morgan fingerprint density at radius 3 is 2.88 bits per heavy atom. The third kappa shape index (κ3) is 2.48. The molecule has 1 fully saturated rings. The van der Waals surface area contributed by atoms with E-state index in [1.165, 1.54) is 0 Å². The van der Waals surface area contributed by atoms with Crippen LogP contribution >= 0.6 is 0 Å². The minimum absolute atomic E-state index is 0.130. The van der Waals surface area contributed by atoms with E-state index in [0.29, 0.717) is 5.92 Å². The van der Waals surface area contributed by atoms with E-state index >= 15 is 0 Å². The van der Waals surface area contributed by atoms with Crippen LogP contribution in [0.15, 0.2) is 18.5 Å². The van der Waals surface area contributed by atoms with Crippen molar-refractivity contribution in [3.05, 3.63) is 29.6 Å². The minimum Gasteiger partial charge on any atom is -0.481 e. The maximum atomic E-state index is 11.3. The summed E-state index contributed by atoms with van der Waals surface area (Å²) in [6.07, 6.45) is 6.38. The van der Waals surface area contributed by atoms with Crippen LogP contribution in [0.4, 0.5) is 0 Å². The first-order chi connectivity index (χ1) is 8.09. The zero-order chi connectivity index (χ0) is 12.4. The maximum Gasteiger partial charge on any atom is 0.307 e. The number of carboxylic acids is 1. The average Bonchev–Trinajstić information content (AvgIpc) is 2.29. The van der Waals surface area contributed by atoms with Crippen LogP contribution in [0.3, 0.4) is 0 Å². The van der Waals surface area contributed by atoms with Gasteiger partial charge >= 0.3 is 5.97 Å². The molecule has 1 heterocycles. The summed E-state index contributed by atoms with van der Waals surface area (Å²) >= 11 is 0. The van der Waals surface area contributed by atoms with Crippen LogP contribution in [-0.2, 0) is 4.79 Å². The summed E-state index contributed by atoms with van der Waals surface area (Å²) in [4.78, 5) is 15.5. The molecule has 0 spiro atoms. The maximum absolute atomic E-state index is 11.3. The molecule has 1 aromatic rings. The Morgan fingerprint density at radius 1 is 1.47 bits per heavy atom. The fourth-order valence-electron chi connectivity index (χ4n) is 2.88. The van der Waals surface area contributed by atoms with E-state index in [2.05, 4.69) is 11.9 Å². The zero-order valence-electron chi connectivity index (χ0n) is 10.4. The normalized spacial score (nSPS) is 28.9. The lowest BCUT2D eigenvalue weighted by atomic mass is 9.71. The second-order valence-corrected chi connectivity index (χ2v) is 5.20. The first-order valence-corrected chi connectivity index (χ1v) is 6.23. The number of hydrogen-bond donors (Lipinski definition) is 1. The molecule has 0 amide bonds. The molecule has 1 N–H and O–H groups in total. The lowest BCUT2D eigenvalue weighted by Crippen LogP contribution is -2.29. The lowest BCUT2D eigenvalue weighted by Gasteiger charge is -2.33. The summed E-state index contributed by atoms with van der Waals surface area (Å²) in [6.45, 7) is 4.24. The molecule has 3 nitrogen and oxygen atoms in total. The van der Waals surface area contributed by atoms with E-state index in [-0.39, 0.29) is 11.8 Å². The molecule has 0 aliphatic heterocycles. The Labute approximate surface area is 102 Å². The van der Waals surface area contributed by atoms with Crippen LogP contribution in [0.2, 0.25) is 0 Å². The second kappa shape index (κ2) is 4.86. The van der Waals surface area contributed by atoms with Gasteiger partial charge in [0.25, 0.3) is 0 Å². The highest BCUT2D eigenvalue weighted by molar-refractivity contribution is 5.71. The first-order valence-electron chi connectivity index (χ1n) is 6.23. The van der Waals surface area contributed by atoms with E-state index in [1.807, 2.05) is 19.2 Å². The number of aromatic nitrogens is 1. The van der Waals surface area contributed by atoms with Gasteiger partial charge in [0, 0.05) is 12.4 Å². The molecule has 17 heavy (non-hydrogen) atoms. The van der Waals surface area contributed by atoms with Crippen LogP contribution in [0.5, 0.6) is 0 Å². The smallest absolute Gasteiger partial charge is 0.307 e. The van der Waals surface area contributed by atoms with Gasteiger partial charge in [0.15, 0.2) is 0 Å². The van der Waals surface area contributed by atoms with Crippen molar-refractivity contribution in [1.29, 1.82) is 0 Å². The van der Waals surface area contributed by atoms with Gasteiger partial charge in [0.05, 0.1) is 5.92 Å². The molecular weight excluding hydrogens is 214 g/mol. The number of pyridine rings is 1. The van der Waals surface area contributed by atoms with E-state index in [4.69, 9.17) is 0 Å². The van der Waals surface area contributed by atoms with Gasteiger partial charge in [-0.1, -0.05) is 6.92 Å². The summed E-state index contributed by atoms with van der Waals surface area (Å²) in [5.74, 6) is -0.167. The number of aliphatic carboxylic acids is 1. The average molecular weight is 233 g/mol. The highest BCUT2D eigenvalue weighted by atomic mass is 16.4. The Morgan fingerprint density at radius 2 is 2.24 bits per heavy atom. The predicted octanol–water partition coefficient (Wildman–Crippen LogP) is 2.99. The fraction of sp³-hybridized carbons (Fsp3) is 0.571. The van der Waals surface area contributed by atoms with E-state index < -0.39 is 5.97 Å². The van der Waals surface area contributed by atoms with Crippen molar-refractivity contribution in [3.8, 4) is 0 Å². The third-order valence-electron chi connectivity index (χ3n) is 3.91. The van der Waals surface area contributed by atoms with Crippen molar-refractivity contribution in [3.63, 3.8) is 0 Å². The predicted molar refractivity (Wildman–Crippen MR) is 65.9 cm³/mol. The molecule has 0 radical (unpaired) electrons. The number of hydrogen-bond acceptors (Lipinski definition) is 2. The second-order valence-electron chi connectivity index (χ2n) is 5.20. The number of carbonyl (C=O) groups is 1. The van der Waals surface area contributed by atoms with Crippen LogP contribution in [-0.4, -0.2) is 16.1 Å². The van der Waals surface area contributed by atoms with E-state index in [0.717, 1.165) is 30.4 Å². The Kier molecular flexibility index (Phi) is 3.46. The van der Waals surface area contributed by atoms with Crippen LogP contribution in [0.25, 0.3) is 0 Å². The SMILES string of the molecule is Cc1ccncc1C1CC(C)CCC1C(=O)O. The van der Waals surface area contributed by atoms with Crippen molar-refractivity contribution < 1.29 is 9.90 Å². The molecule has 92 valence electrons. The van der Waals surface area contributed by atoms with E-state index in [1.54, 1.807) is 6.20 Å². The monoisotopic (exact) mass is 233 g/mol. The molecule has 0 bridgehead atoms. The van der Waals surface area contributed by atoms with Gasteiger partial charge in [-0.05, 0) is 55.2 Å². The summed E-state index contributed by atoms with van der Waals surface area (Å²) in [6, 6.07) is 1.97. The number of nitrogens with zero attached hydrogens (tertiary/aromatic N) is 1. The zero-order valence-corrected chi connectivity index (χ0v) is 10.4. The lowest BCUT2D eigenvalue weighted by molar-refractivity contribution is -0.143. The van der Waals surface area contributed by atoms with Crippen LogP contribution in [0.1, 0.15) is 43.2 Å². The van der Waals surface area contributed by atoms with Gasteiger partial charge in [-0.15, -0.1) is 0 Å². The van der Waals surface area contributed by atoms with Gasteiger partial charge in [-0.3, -0.25) is 9.78 Å². The summed E-state index contributed by atoms with van der Waals surface area (Å²) in [5.41, 5.74) is 2.27. The molecular formula is C14H19NO2. The van der Waals surface area contributed by atoms with Gasteiger partial charge < -0.3 is 5.11 Å². The van der Waals surface area contributed by atoms with Gasteiger partial charge in [0.2, 0.25) is 0 Å². The van der Waals surface area contributed by atoms with Crippen molar-refractivity contribution in [2.24, 2.45) is 11.8 Å². The Hall–Kier alpha value is -1.38. The van der Waals surface area contributed by atoms with E-state index in [9.17, 15) is 9.90 Å². The fourth-order valence-corrected chi connectivity index (χ4v) is 2.88. The first kappa shape index (κ1) is 12.1. The van der Waals surface area contributed by atoms with Crippen LogP contribution in [0, 0.1) is 18.8 Å². The molecule has 0 aromatic carbocycles. The molecule has 3 heteroatoms. The summed E-state index contributed by atoms with van der Waals surface area (Å²) in [7, 11) is 0. The number of rotatable bonds is 2. The van der Waals surface area contributed by atoms with Crippen molar-refractivity contribution >= 4 is 5.97 Å². The molecule has 1 saturated carbocycles. The summed E-state index contributed by atoms with van der Waals surface area (Å²) in [5, 5.41) is 9.33. The van der Waals surface area contributed by atoms with Crippen LogP contribution < -0.4 is 0 Å².